The summed E-state index contributed by atoms with van der Waals surface area (Å²) in [7, 11) is -2.24. The van der Waals surface area contributed by atoms with Gasteiger partial charge in [-0.2, -0.15) is 10.6 Å². The first kappa shape index (κ1) is 10.3. The third kappa shape index (κ3) is 2.60. The van der Waals surface area contributed by atoms with Gasteiger partial charge in [0, 0.05) is 25.7 Å². The third-order valence-corrected chi connectivity index (χ3v) is 4.05. The Bertz CT molecular complexity index is 144. The molecular formula is C7H18N2O2S. The first-order valence-corrected chi connectivity index (χ1v) is 6.11. The summed E-state index contributed by atoms with van der Waals surface area (Å²) < 4.78 is 18.7. The highest BCUT2D eigenvalue weighted by atomic mass is 32.3. The van der Waals surface area contributed by atoms with E-state index >= 15 is 0 Å². The molecule has 1 aliphatic heterocycles. The van der Waals surface area contributed by atoms with Crippen LogP contribution in [0, 0.1) is 0 Å². The summed E-state index contributed by atoms with van der Waals surface area (Å²) in [4.78, 5) is 2.21. The molecule has 0 aliphatic carbocycles. The minimum atomic E-state index is -2.24. The SMILES string of the molecule is CC(CN)N1CCS(O)(O)CC1. The molecule has 1 saturated heterocycles. The van der Waals surface area contributed by atoms with Crippen LogP contribution in [0.15, 0.2) is 0 Å². The van der Waals surface area contributed by atoms with E-state index in [9.17, 15) is 9.11 Å². The second-order valence-electron chi connectivity index (χ2n) is 3.33. The Balaban J connectivity index is 2.36. The van der Waals surface area contributed by atoms with Crippen molar-refractivity contribution in [2.24, 2.45) is 5.73 Å². The average Bonchev–Trinajstić information content (AvgIpc) is 2.03. The van der Waals surface area contributed by atoms with Crippen molar-refractivity contribution in [3.63, 3.8) is 0 Å². The molecule has 4 nitrogen and oxygen atoms in total. The Labute approximate surface area is 75.1 Å². The Morgan fingerprint density at radius 1 is 1.42 bits per heavy atom. The van der Waals surface area contributed by atoms with Gasteiger partial charge in [-0.25, -0.2) is 0 Å². The molecule has 0 saturated carbocycles. The Morgan fingerprint density at radius 2 is 1.92 bits per heavy atom. The summed E-state index contributed by atoms with van der Waals surface area (Å²) in [5.74, 6) is 1.02. The standard InChI is InChI=1S/C7H18N2O2S/c1-7(6-8)9-2-4-12(10,11)5-3-9/h7,10-11H,2-6,8H2,1H3. The lowest BCUT2D eigenvalue weighted by Crippen LogP contribution is -2.46. The molecule has 1 fully saturated rings. The fraction of sp³-hybridized carbons (Fsp3) is 1.00. The Morgan fingerprint density at radius 3 is 2.33 bits per heavy atom. The monoisotopic (exact) mass is 194 g/mol. The molecule has 0 aromatic heterocycles. The van der Waals surface area contributed by atoms with Crippen molar-refractivity contribution in [3.05, 3.63) is 0 Å². The van der Waals surface area contributed by atoms with Gasteiger partial charge in [-0.3, -0.25) is 14.0 Å². The fourth-order valence-corrected chi connectivity index (χ4v) is 2.59. The van der Waals surface area contributed by atoms with Crippen molar-refractivity contribution in [3.8, 4) is 0 Å². The van der Waals surface area contributed by atoms with Gasteiger partial charge in [0.1, 0.15) is 0 Å². The first-order chi connectivity index (χ1) is 5.55. The van der Waals surface area contributed by atoms with Crippen molar-refractivity contribution in [1.29, 1.82) is 0 Å². The number of nitrogens with two attached hydrogens (primary N) is 1. The quantitative estimate of drug-likeness (QED) is 0.595. The number of hydrogen-bond donors (Lipinski definition) is 3. The van der Waals surface area contributed by atoms with Crippen LogP contribution < -0.4 is 5.73 Å². The van der Waals surface area contributed by atoms with Crippen LogP contribution in [0.4, 0.5) is 0 Å². The molecule has 0 bridgehead atoms. The second kappa shape index (κ2) is 3.93. The molecule has 0 radical (unpaired) electrons. The average molecular weight is 194 g/mol. The lowest BCUT2D eigenvalue weighted by atomic mass is 10.3. The largest absolute Gasteiger partial charge is 0.329 e. The van der Waals surface area contributed by atoms with Crippen LogP contribution in [0.2, 0.25) is 0 Å². The zero-order chi connectivity index (χ0) is 9.19. The van der Waals surface area contributed by atoms with Gasteiger partial charge < -0.3 is 5.73 Å². The highest BCUT2D eigenvalue weighted by Gasteiger charge is 2.24. The van der Waals surface area contributed by atoms with E-state index in [1.165, 1.54) is 0 Å². The van der Waals surface area contributed by atoms with E-state index in [4.69, 9.17) is 5.73 Å². The first-order valence-electron chi connectivity index (χ1n) is 4.23. The van der Waals surface area contributed by atoms with Gasteiger partial charge in [-0.1, -0.05) is 0 Å². The summed E-state index contributed by atoms with van der Waals surface area (Å²) in [5.41, 5.74) is 5.51. The van der Waals surface area contributed by atoms with Crippen LogP contribution in [-0.4, -0.2) is 51.2 Å². The van der Waals surface area contributed by atoms with Gasteiger partial charge in [0.25, 0.3) is 0 Å². The van der Waals surface area contributed by atoms with Crippen molar-refractivity contribution in [2.75, 3.05) is 31.1 Å². The van der Waals surface area contributed by atoms with Gasteiger partial charge >= 0.3 is 0 Å². The van der Waals surface area contributed by atoms with Crippen molar-refractivity contribution in [2.45, 2.75) is 13.0 Å². The van der Waals surface area contributed by atoms with Crippen LogP contribution in [-0.2, 0) is 0 Å². The molecule has 1 unspecified atom stereocenters. The van der Waals surface area contributed by atoms with Gasteiger partial charge in [-0.15, -0.1) is 0 Å². The molecule has 0 aromatic carbocycles. The normalized spacial score (nSPS) is 29.7. The van der Waals surface area contributed by atoms with Crippen LogP contribution in [0.1, 0.15) is 6.92 Å². The summed E-state index contributed by atoms with van der Waals surface area (Å²) >= 11 is 0. The van der Waals surface area contributed by atoms with Crippen LogP contribution in [0.3, 0.4) is 0 Å². The lowest BCUT2D eigenvalue weighted by Gasteiger charge is -2.42. The van der Waals surface area contributed by atoms with Crippen molar-refractivity contribution in [1.82, 2.24) is 4.90 Å². The van der Waals surface area contributed by atoms with Gasteiger partial charge in [0.15, 0.2) is 0 Å². The van der Waals surface area contributed by atoms with Crippen LogP contribution in [0.25, 0.3) is 0 Å². The molecular weight excluding hydrogens is 176 g/mol. The summed E-state index contributed by atoms with van der Waals surface area (Å²) in [6, 6.07) is 0.362. The maximum absolute atomic E-state index is 9.33. The molecule has 5 heteroatoms. The van der Waals surface area contributed by atoms with Gasteiger partial charge in [-0.05, 0) is 6.92 Å². The van der Waals surface area contributed by atoms with E-state index in [1.807, 2.05) is 0 Å². The minimum Gasteiger partial charge on any atom is -0.329 e. The molecule has 1 heterocycles. The van der Waals surface area contributed by atoms with E-state index in [2.05, 4.69) is 11.8 Å². The summed E-state index contributed by atoms with van der Waals surface area (Å²) in [5, 5.41) is 0. The third-order valence-electron chi connectivity index (χ3n) is 2.38. The van der Waals surface area contributed by atoms with E-state index in [1.54, 1.807) is 0 Å². The van der Waals surface area contributed by atoms with E-state index in [0.717, 1.165) is 13.1 Å². The molecule has 4 N–H and O–H groups in total. The smallest absolute Gasteiger partial charge is 0.0502 e. The minimum absolute atomic E-state index is 0.362. The van der Waals surface area contributed by atoms with Crippen molar-refractivity contribution < 1.29 is 9.11 Å². The molecule has 74 valence electrons. The Hall–Kier alpha value is 0.190. The molecule has 12 heavy (non-hydrogen) atoms. The molecule has 0 amide bonds. The highest BCUT2D eigenvalue weighted by molar-refractivity contribution is 8.24. The molecule has 0 spiro atoms. The zero-order valence-electron chi connectivity index (χ0n) is 7.44. The summed E-state index contributed by atoms with van der Waals surface area (Å²) in [6.07, 6.45) is 0. The van der Waals surface area contributed by atoms with E-state index in [-0.39, 0.29) is 0 Å². The van der Waals surface area contributed by atoms with Crippen molar-refractivity contribution >= 4 is 10.6 Å². The molecule has 1 rings (SSSR count). The molecule has 0 aromatic rings. The topological polar surface area (TPSA) is 69.7 Å². The lowest BCUT2D eigenvalue weighted by molar-refractivity contribution is 0.225. The summed E-state index contributed by atoms with van der Waals surface area (Å²) in [6.45, 7) is 4.23. The maximum atomic E-state index is 9.33. The van der Waals surface area contributed by atoms with Crippen LogP contribution in [0.5, 0.6) is 0 Å². The van der Waals surface area contributed by atoms with E-state index < -0.39 is 10.6 Å². The predicted octanol–water partition coefficient (Wildman–Crippen LogP) is 0.400. The zero-order valence-corrected chi connectivity index (χ0v) is 8.26. The Kier molecular flexibility index (Phi) is 3.37. The van der Waals surface area contributed by atoms with Crippen LogP contribution >= 0.6 is 10.6 Å². The maximum Gasteiger partial charge on any atom is 0.0502 e. The number of nitrogens with zero attached hydrogens (tertiary/aromatic N) is 1. The molecule has 1 aliphatic rings. The van der Waals surface area contributed by atoms with Gasteiger partial charge in [0.2, 0.25) is 0 Å². The van der Waals surface area contributed by atoms with E-state index in [0.29, 0.717) is 24.1 Å². The number of rotatable bonds is 2. The molecule has 1 atom stereocenters. The second-order valence-corrected chi connectivity index (χ2v) is 5.75. The number of hydrogen-bond acceptors (Lipinski definition) is 4. The van der Waals surface area contributed by atoms with Gasteiger partial charge in [0.05, 0.1) is 11.5 Å². The predicted molar refractivity (Wildman–Crippen MR) is 52.7 cm³/mol. The highest BCUT2D eigenvalue weighted by Crippen LogP contribution is 2.40. The fourth-order valence-electron chi connectivity index (χ4n) is 1.33.